The maximum atomic E-state index is 11.5. The summed E-state index contributed by atoms with van der Waals surface area (Å²) in [4.78, 5) is 34.4. The van der Waals surface area contributed by atoms with Crippen LogP contribution in [0, 0.1) is 5.92 Å². The highest BCUT2D eigenvalue weighted by Gasteiger charge is 2.19. The minimum atomic E-state index is -1.00. The Morgan fingerprint density at radius 2 is 1.12 bits per heavy atom. The third-order valence-electron chi connectivity index (χ3n) is 4.51. The highest BCUT2D eigenvalue weighted by Crippen LogP contribution is 2.13. The number of hydrogen-bond donors (Lipinski definition) is 0. The molecule has 0 amide bonds. The van der Waals surface area contributed by atoms with E-state index in [9.17, 15) is 14.4 Å². The predicted octanol–water partition coefficient (Wildman–Crippen LogP) is 6.15. The van der Waals surface area contributed by atoms with E-state index in [4.69, 9.17) is 0 Å². The first-order valence-corrected chi connectivity index (χ1v) is 10.7. The van der Waals surface area contributed by atoms with Crippen LogP contribution >= 0.6 is 0 Å². The van der Waals surface area contributed by atoms with Crippen molar-refractivity contribution in [1.82, 2.24) is 0 Å². The molecule has 152 valence electrons. The second kappa shape index (κ2) is 17.2. The summed E-state index contributed by atoms with van der Waals surface area (Å²) in [5.74, 6) is -2.10. The molecule has 0 aliphatic heterocycles. The van der Waals surface area contributed by atoms with Crippen LogP contribution in [0.1, 0.15) is 117 Å². The molecule has 0 heterocycles. The van der Waals surface area contributed by atoms with Gasteiger partial charge >= 0.3 is 11.9 Å². The van der Waals surface area contributed by atoms with E-state index in [-0.39, 0.29) is 18.8 Å². The van der Waals surface area contributed by atoms with Crippen molar-refractivity contribution in [2.24, 2.45) is 5.92 Å². The van der Waals surface area contributed by atoms with E-state index in [1.807, 2.05) is 13.8 Å². The quantitative estimate of drug-likeness (QED) is 0.134. The largest absolute Gasteiger partial charge is 0.387 e. The lowest BCUT2D eigenvalue weighted by molar-refractivity contribution is -0.164. The van der Waals surface area contributed by atoms with Gasteiger partial charge in [-0.1, -0.05) is 97.8 Å². The van der Waals surface area contributed by atoms with Gasteiger partial charge < -0.3 is 4.74 Å². The number of carbonyl (C=O) groups excluding carboxylic acids is 3. The summed E-state index contributed by atoms with van der Waals surface area (Å²) in [6, 6.07) is 0. The number of ether oxygens (including phenoxy) is 1. The lowest BCUT2D eigenvalue weighted by atomic mass is 10.0. The van der Waals surface area contributed by atoms with Crippen molar-refractivity contribution in [2.75, 3.05) is 0 Å². The van der Waals surface area contributed by atoms with Crippen molar-refractivity contribution in [3.63, 3.8) is 0 Å². The second-order valence-corrected chi connectivity index (χ2v) is 7.78. The van der Waals surface area contributed by atoms with Crippen molar-refractivity contribution < 1.29 is 19.1 Å². The lowest BCUT2D eigenvalue weighted by Crippen LogP contribution is -2.22. The lowest BCUT2D eigenvalue weighted by Gasteiger charge is -2.05. The van der Waals surface area contributed by atoms with Gasteiger partial charge in [0.1, 0.15) is 0 Å². The van der Waals surface area contributed by atoms with E-state index < -0.39 is 17.7 Å². The average molecular weight is 369 g/mol. The highest BCUT2D eigenvalue weighted by molar-refractivity contribution is 6.35. The molecule has 0 radical (unpaired) electrons. The van der Waals surface area contributed by atoms with Crippen LogP contribution < -0.4 is 0 Å². The van der Waals surface area contributed by atoms with E-state index in [0.29, 0.717) is 0 Å². The molecule has 0 N–H and O–H groups in total. The Morgan fingerprint density at radius 3 is 1.54 bits per heavy atom. The fourth-order valence-corrected chi connectivity index (χ4v) is 2.95. The zero-order valence-electron chi connectivity index (χ0n) is 17.3. The monoisotopic (exact) mass is 368 g/mol. The van der Waals surface area contributed by atoms with Crippen molar-refractivity contribution in [3.8, 4) is 0 Å². The third kappa shape index (κ3) is 16.3. The maximum absolute atomic E-state index is 11.5. The number of ketones is 1. The van der Waals surface area contributed by atoms with Gasteiger partial charge in [-0.3, -0.25) is 9.59 Å². The number of esters is 2. The van der Waals surface area contributed by atoms with E-state index >= 15 is 0 Å². The Kier molecular flexibility index (Phi) is 16.4. The molecule has 0 aromatic heterocycles. The molecule has 0 spiro atoms. The first-order valence-electron chi connectivity index (χ1n) is 10.7. The molecule has 4 heteroatoms. The van der Waals surface area contributed by atoms with Gasteiger partial charge in [0.15, 0.2) is 0 Å². The molecule has 0 saturated carbocycles. The minimum Gasteiger partial charge on any atom is -0.387 e. The van der Waals surface area contributed by atoms with E-state index in [1.54, 1.807) is 0 Å². The summed E-state index contributed by atoms with van der Waals surface area (Å²) in [6.07, 6.45) is 16.5. The van der Waals surface area contributed by atoms with Gasteiger partial charge in [-0.2, -0.15) is 0 Å². The molecule has 26 heavy (non-hydrogen) atoms. The first kappa shape index (κ1) is 24.8. The van der Waals surface area contributed by atoms with Gasteiger partial charge in [0.05, 0.1) is 0 Å². The molecule has 0 unspecified atom stereocenters. The summed E-state index contributed by atoms with van der Waals surface area (Å²) in [5, 5.41) is 0. The van der Waals surface area contributed by atoms with E-state index in [0.717, 1.165) is 19.3 Å². The maximum Gasteiger partial charge on any atom is 0.382 e. The van der Waals surface area contributed by atoms with Crippen LogP contribution in [0.2, 0.25) is 0 Å². The minimum absolute atomic E-state index is 0.0891. The van der Waals surface area contributed by atoms with Crippen molar-refractivity contribution in [2.45, 2.75) is 117 Å². The van der Waals surface area contributed by atoms with Gasteiger partial charge in [-0.15, -0.1) is 0 Å². The van der Waals surface area contributed by atoms with Crippen LogP contribution in [0.25, 0.3) is 0 Å². The molecular weight excluding hydrogens is 328 g/mol. The Bertz CT molecular complexity index is 388. The third-order valence-corrected chi connectivity index (χ3v) is 4.51. The molecular formula is C22H40O4. The predicted molar refractivity (Wildman–Crippen MR) is 106 cm³/mol. The molecule has 0 aliphatic rings. The Labute approximate surface area is 160 Å². The van der Waals surface area contributed by atoms with Gasteiger partial charge in [0, 0.05) is 12.8 Å². The molecule has 0 aliphatic carbocycles. The molecule has 0 atom stereocenters. The van der Waals surface area contributed by atoms with Crippen LogP contribution in [0.5, 0.6) is 0 Å². The summed E-state index contributed by atoms with van der Waals surface area (Å²) in [7, 11) is 0. The summed E-state index contributed by atoms with van der Waals surface area (Å²) < 4.78 is 4.59. The van der Waals surface area contributed by atoms with Crippen molar-refractivity contribution in [1.29, 1.82) is 0 Å². The van der Waals surface area contributed by atoms with E-state index in [1.165, 1.54) is 64.2 Å². The number of unbranched alkanes of at least 4 members (excludes halogenated alkanes) is 12. The zero-order chi connectivity index (χ0) is 19.6. The second-order valence-electron chi connectivity index (χ2n) is 7.78. The van der Waals surface area contributed by atoms with E-state index in [2.05, 4.69) is 11.7 Å². The highest BCUT2D eigenvalue weighted by atomic mass is 16.6. The SMILES string of the molecule is CCCCCCCCCCCCCCCC(=O)OC(=O)C(=O)CC(C)C. The molecule has 0 aromatic carbocycles. The zero-order valence-corrected chi connectivity index (χ0v) is 17.3. The molecule has 0 bridgehead atoms. The van der Waals surface area contributed by atoms with Crippen LogP contribution in [0.3, 0.4) is 0 Å². The molecule has 4 nitrogen and oxygen atoms in total. The van der Waals surface area contributed by atoms with Crippen LogP contribution in [0.15, 0.2) is 0 Å². The average Bonchev–Trinajstić information content (AvgIpc) is 2.58. The molecule has 0 fully saturated rings. The number of Topliss-reactive ketones (excluding diaryl/α,β-unsaturated/α-hetero) is 1. The van der Waals surface area contributed by atoms with Crippen LogP contribution in [-0.2, 0) is 19.1 Å². The topological polar surface area (TPSA) is 60.4 Å². The number of carbonyl (C=O) groups is 3. The Balaban J connectivity index is 3.40. The van der Waals surface area contributed by atoms with Crippen LogP contribution in [0.4, 0.5) is 0 Å². The van der Waals surface area contributed by atoms with Gasteiger partial charge in [-0.25, -0.2) is 4.79 Å². The van der Waals surface area contributed by atoms with Crippen molar-refractivity contribution in [3.05, 3.63) is 0 Å². The van der Waals surface area contributed by atoms with Crippen molar-refractivity contribution >= 4 is 17.7 Å². The summed E-state index contributed by atoms with van der Waals surface area (Å²) in [5.41, 5.74) is 0. The fourth-order valence-electron chi connectivity index (χ4n) is 2.95. The Morgan fingerprint density at radius 1 is 0.692 bits per heavy atom. The summed E-state index contributed by atoms with van der Waals surface area (Å²) >= 11 is 0. The fraction of sp³-hybridized carbons (Fsp3) is 0.864. The molecule has 0 saturated heterocycles. The number of rotatable bonds is 17. The van der Waals surface area contributed by atoms with Crippen LogP contribution in [-0.4, -0.2) is 17.7 Å². The smallest absolute Gasteiger partial charge is 0.382 e. The molecule has 0 rings (SSSR count). The number of hydrogen-bond acceptors (Lipinski definition) is 4. The summed E-state index contributed by atoms with van der Waals surface area (Å²) in [6.45, 7) is 5.94. The molecule has 0 aromatic rings. The first-order chi connectivity index (χ1) is 12.5. The standard InChI is InChI=1S/C22H40O4/c1-4-5-6-7-8-9-10-11-12-13-14-15-16-17-21(24)26-22(25)20(23)18-19(2)3/h19H,4-18H2,1-3H3. The normalized spacial score (nSPS) is 10.9. The van der Waals surface area contributed by atoms with Gasteiger partial charge in [0.2, 0.25) is 5.78 Å². The van der Waals surface area contributed by atoms with Gasteiger partial charge in [0.25, 0.3) is 0 Å². The van der Waals surface area contributed by atoms with Gasteiger partial charge in [-0.05, 0) is 12.3 Å². The Hall–Kier alpha value is -1.19.